The number of rotatable bonds is 5. The molecule has 5 nitrogen and oxygen atoms in total. The standard InChI is InChI=1S/C13H17FN2O3S2/c1-19-8-9-4-5-16(7-9)21(17,18)10-2-3-12(14)11(6-10)13(15)20/h2-3,6,9H,4-5,7-8H2,1H3,(H2,15,20). The Hall–Kier alpha value is -1.09. The molecule has 1 saturated heterocycles. The van der Waals surface area contributed by atoms with E-state index in [0.717, 1.165) is 12.5 Å². The highest BCUT2D eigenvalue weighted by Gasteiger charge is 2.32. The second kappa shape index (κ2) is 6.35. The van der Waals surface area contributed by atoms with E-state index in [1.807, 2.05) is 0 Å². The van der Waals surface area contributed by atoms with Crippen LogP contribution in [0.5, 0.6) is 0 Å². The summed E-state index contributed by atoms with van der Waals surface area (Å²) in [6.07, 6.45) is 0.746. The number of halogens is 1. The van der Waals surface area contributed by atoms with Crippen LogP contribution in [0.2, 0.25) is 0 Å². The number of nitrogens with zero attached hydrogens (tertiary/aromatic N) is 1. The molecule has 0 amide bonds. The number of hydrogen-bond acceptors (Lipinski definition) is 4. The Bertz CT molecular complexity index is 649. The van der Waals surface area contributed by atoms with E-state index >= 15 is 0 Å². The molecule has 0 bridgehead atoms. The third kappa shape index (κ3) is 3.39. The first-order valence-electron chi connectivity index (χ1n) is 6.44. The number of thiocarbonyl (C=S) groups is 1. The Morgan fingerprint density at radius 1 is 1.57 bits per heavy atom. The van der Waals surface area contributed by atoms with Crippen molar-refractivity contribution in [3.8, 4) is 0 Å². The van der Waals surface area contributed by atoms with Crippen molar-refractivity contribution in [2.24, 2.45) is 11.7 Å². The Morgan fingerprint density at radius 3 is 2.90 bits per heavy atom. The molecule has 0 radical (unpaired) electrons. The fourth-order valence-electron chi connectivity index (χ4n) is 2.39. The zero-order valence-electron chi connectivity index (χ0n) is 11.6. The number of ether oxygens (including phenoxy) is 1. The molecular weight excluding hydrogens is 315 g/mol. The third-order valence-corrected chi connectivity index (χ3v) is 5.57. The highest BCUT2D eigenvalue weighted by atomic mass is 32.2. The van der Waals surface area contributed by atoms with Crippen molar-refractivity contribution in [3.63, 3.8) is 0 Å². The molecule has 1 aliphatic heterocycles. The molecule has 1 atom stereocenters. The van der Waals surface area contributed by atoms with Crippen LogP contribution in [-0.4, -0.2) is 44.5 Å². The monoisotopic (exact) mass is 332 g/mol. The molecule has 116 valence electrons. The van der Waals surface area contributed by atoms with Gasteiger partial charge in [0.25, 0.3) is 0 Å². The lowest BCUT2D eigenvalue weighted by Gasteiger charge is -2.17. The van der Waals surface area contributed by atoms with E-state index in [9.17, 15) is 12.8 Å². The summed E-state index contributed by atoms with van der Waals surface area (Å²) in [4.78, 5) is -0.159. The zero-order valence-corrected chi connectivity index (χ0v) is 13.2. The van der Waals surface area contributed by atoms with Crippen molar-refractivity contribution in [1.82, 2.24) is 4.31 Å². The van der Waals surface area contributed by atoms with Crippen molar-refractivity contribution in [2.75, 3.05) is 26.8 Å². The van der Waals surface area contributed by atoms with Gasteiger partial charge in [-0.3, -0.25) is 0 Å². The molecular formula is C13H17FN2O3S2. The van der Waals surface area contributed by atoms with E-state index in [0.29, 0.717) is 19.7 Å². The second-order valence-corrected chi connectivity index (χ2v) is 7.36. The van der Waals surface area contributed by atoms with Crippen molar-refractivity contribution >= 4 is 27.2 Å². The Balaban J connectivity index is 2.28. The fraction of sp³-hybridized carbons (Fsp3) is 0.462. The molecule has 0 aliphatic carbocycles. The summed E-state index contributed by atoms with van der Waals surface area (Å²) >= 11 is 4.73. The van der Waals surface area contributed by atoms with Gasteiger partial charge in [-0.1, -0.05) is 12.2 Å². The molecule has 2 rings (SSSR count). The van der Waals surface area contributed by atoms with Crippen molar-refractivity contribution in [3.05, 3.63) is 29.6 Å². The van der Waals surface area contributed by atoms with Gasteiger partial charge in [0, 0.05) is 25.8 Å². The number of methoxy groups -OCH3 is 1. The van der Waals surface area contributed by atoms with Crippen LogP contribution >= 0.6 is 12.2 Å². The second-order valence-electron chi connectivity index (χ2n) is 4.98. The maximum Gasteiger partial charge on any atom is 0.243 e. The van der Waals surface area contributed by atoms with E-state index in [1.165, 1.54) is 16.4 Å². The molecule has 1 aromatic carbocycles. The maximum atomic E-state index is 13.6. The van der Waals surface area contributed by atoms with Gasteiger partial charge in [-0.05, 0) is 30.5 Å². The molecule has 0 aromatic heterocycles. The number of sulfonamides is 1. The quantitative estimate of drug-likeness (QED) is 0.818. The molecule has 21 heavy (non-hydrogen) atoms. The predicted octanol–water partition coefficient (Wildman–Crippen LogP) is 1.12. The lowest BCUT2D eigenvalue weighted by Crippen LogP contribution is -2.29. The summed E-state index contributed by atoms with van der Waals surface area (Å²) < 4.78 is 45.1. The highest BCUT2D eigenvalue weighted by molar-refractivity contribution is 7.89. The van der Waals surface area contributed by atoms with Gasteiger partial charge >= 0.3 is 0 Å². The Labute approximate surface area is 128 Å². The smallest absolute Gasteiger partial charge is 0.243 e. The summed E-state index contributed by atoms with van der Waals surface area (Å²) in [6, 6.07) is 3.50. The predicted molar refractivity (Wildman–Crippen MR) is 81.0 cm³/mol. The topological polar surface area (TPSA) is 72.6 Å². The lowest BCUT2D eigenvalue weighted by molar-refractivity contribution is 0.157. The van der Waals surface area contributed by atoms with Crippen LogP contribution in [0.25, 0.3) is 0 Å². The van der Waals surface area contributed by atoms with Crippen LogP contribution in [0, 0.1) is 11.7 Å². The van der Waals surface area contributed by atoms with Gasteiger partial charge in [0.2, 0.25) is 10.0 Å². The van der Waals surface area contributed by atoms with Crippen molar-refractivity contribution < 1.29 is 17.5 Å². The van der Waals surface area contributed by atoms with Crippen molar-refractivity contribution in [2.45, 2.75) is 11.3 Å². The van der Waals surface area contributed by atoms with Gasteiger partial charge in [0.05, 0.1) is 11.5 Å². The van der Waals surface area contributed by atoms with Gasteiger partial charge < -0.3 is 10.5 Å². The molecule has 0 spiro atoms. The van der Waals surface area contributed by atoms with Gasteiger partial charge in [-0.25, -0.2) is 12.8 Å². The van der Waals surface area contributed by atoms with Gasteiger partial charge in [0.15, 0.2) is 0 Å². The fourth-order valence-corrected chi connectivity index (χ4v) is 4.10. The highest BCUT2D eigenvalue weighted by Crippen LogP contribution is 2.25. The van der Waals surface area contributed by atoms with Crippen LogP contribution in [0.15, 0.2) is 23.1 Å². The van der Waals surface area contributed by atoms with Crippen LogP contribution in [0.3, 0.4) is 0 Å². The van der Waals surface area contributed by atoms with Crippen molar-refractivity contribution in [1.29, 1.82) is 0 Å². The van der Waals surface area contributed by atoms with Crippen LogP contribution in [0.1, 0.15) is 12.0 Å². The molecule has 1 heterocycles. The first-order valence-corrected chi connectivity index (χ1v) is 8.29. The Kier molecular flexibility index (Phi) is 4.92. The summed E-state index contributed by atoms with van der Waals surface area (Å²) in [5, 5.41) is 0. The Morgan fingerprint density at radius 2 is 2.29 bits per heavy atom. The molecule has 2 N–H and O–H groups in total. The molecule has 8 heteroatoms. The molecule has 1 aromatic rings. The number of hydrogen-bond donors (Lipinski definition) is 1. The summed E-state index contributed by atoms with van der Waals surface area (Å²) in [6.45, 7) is 1.35. The minimum atomic E-state index is -3.67. The number of nitrogens with two attached hydrogens (primary N) is 1. The summed E-state index contributed by atoms with van der Waals surface area (Å²) in [7, 11) is -2.08. The molecule has 1 aliphatic rings. The van der Waals surface area contributed by atoms with E-state index in [2.05, 4.69) is 0 Å². The lowest BCUT2D eigenvalue weighted by atomic mass is 10.1. The molecule has 1 unspecified atom stereocenters. The normalized spacial score (nSPS) is 19.8. The average molecular weight is 332 g/mol. The van der Waals surface area contributed by atoms with Gasteiger partial charge in [0.1, 0.15) is 10.8 Å². The van der Waals surface area contributed by atoms with E-state index < -0.39 is 15.8 Å². The zero-order chi connectivity index (χ0) is 15.6. The minimum absolute atomic E-state index is 0.00441. The van der Waals surface area contributed by atoms with Gasteiger partial charge in [-0.2, -0.15) is 4.31 Å². The first kappa shape index (κ1) is 16.3. The molecule has 1 fully saturated rings. The van der Waals surface area contributed by atoms with Crippen LogP contribution in [0.4, 0.5) is 4.39 Å². The van der Waals surface area contributed by atoms with E-state index in [-0.39, 0.29) is 21.4 Å². The van der Waals surface area contributed by atoms with Crippen LogP contribution in [-0.2, 0) is 14.8 Å². The van der Waals surface area contributed by atoms with Gasteiger partial charge in [-0.15, -0.1) is 0 Å². The minimum Gasteiger partial charge on any atom is -0.389 e. The summed E-state index contributed by atoms with van der Waals surface area (Å²) in [5.41, 5.74) is 5.35. The largest absolute Gasteiger partial charge is 0.389 e. The van der Waals surface area contributed by atoms with Crippen LogP contribution < -0.4 is 5.73 Å². The SMILES string of the molecule is COCC1CCN(S(=O)(=O)c2ccc(F)c(C(N)=S)c2)C1. The number of benzene rings is 1. The average Bonchev–Trinajstić information content (AvgIpc) is 2.88. The van der Waals surface area contributed by atoms with E-state index in [1.54, 1.807) is 7.11 Å². The molecule has 0 saturated carbocycles. The third-order valence-electron chi connectivity index (χ3n) is 3.49. The summed E-state index contributed by atoms with van der Waals surface area (Å²) in [5.74, 6) is -0.444. The maximum absolute atomic E-state index is 13.6. The first-order chi connectivity index (χ1) is 9.86. The van der Waals surface area contributed by atoms with E-state index in [4.69, 9.17) is 22.7 Å².